The highest BCUT2D eigenvalue weighted by Crippen LogP contribution is 2.33. The molecule has 170 valence electrons. The van der Waals surface area contributed by atoms with Gasteiger partial charge in [0.05, 0.1) is 0 Å². The first-order valence-corrected chi connectivity index (χ1v) is 13.9. The first-order valence-electron chi connectivity index (χ1n) is 12.7. The smallest absolute Gasteiger partial charge is 0.00840 e. The van der Waals surface area contributed by atoms with Gasteiger partial charge in [-0.05, 0) is 74.8 Å². The molecule has 0 fully saturated rings. The third-order valence-corrected chi connectivity index (χ3v) is 7.34. The molecule has 0 heterocycles. The van der Waals surface area contributed by atoms with Crippen molar-refractivity contribution < 1.29 is 0 Å². The van der Waals surface area contributed by atoms with Crippen molar-refractivity contribution in [1.29, 1.82) is 0 Å². The van der Waals surface area contributed by atoms with E-state index in [1.807, 2.05) is 0 Å². The zero-order chi connectivity index (χ0) is 21.4. The molecule has 0 aliphatic heterocycles. The highest BCUT2D eigenvalue weighted by molar-refractivity contribution is 14.1. The Morgan fingerprint density at radius 3 is 1.93 bits per heavy atom. The summed E-state index contributed by atoms with van der Waals surface area (Å²) in [5, 5.41) is 3.63. The second kappa shape index (κ2) is 18.5. The van der Waals surface area contributed by atoms with Gasteiger partial charge in [0.2, 0.25) is 0 Å². The average Bonchev–Trinajstić information content (AvgIpc) is 2.62. The van der Waals surface area contributed by atoms with E-state index in [4.69, 9.17) is 0 Å². The normalized spacial score (nSPS) is 17.5. The summed E-state index contributed by atoms with van der Waals surface area (Å²) in [6.07, 6.45) is 15.3. The van der Waals surface area contributed by atoms with Gasteiger partial charge in [0, 0.05) is 3.92 Å². The average molecular weight is 508 g/mol. The van der Waals surface area contributed by atoms with Gasteiger partial charge in [0.25, 0.3) is 0 Å². The molecular formula is C26H54IN. The lowest BCUT2D eigenvalue weighted by molar-refractivity contribution is 0.243. The van der Waals surface area contributed by atoms with E-state index in [-0.39, 0.29) is 0 Å². The van der Waals surface area contributed by atoms with Gasteiger partial charge in [-0.15, -0.1) is 0 Å². The monoisotopic (exact) mass is 507 g/mol. The van der Waals surface area contributed by atoms with Crippen molar-refractivity contribution in [3.8, 4) is 0 Å². The maximum Gasteiger partial charge on any atom is 0.00840 e. The van der Waals surface area contributed by atoms with Crippen LogP contribution in [0, 0.1) is 29.6 Å². The highest BCUT2D eigenvalue weighted by atomic mass is 127. The van der Waals surface area contributed by atoms with E-state index in [0.29, 0.717) is 0 Å². The lowest BCUT2D eigenvalue weighted by Gasteiger charge is -2.28. The summed E-state index contributed by atoms with van der Waals surface area (Å²) in [5.74, 6) is 4.45. The molecule has 0 aromatic heterocycles. The quantitative estimate of drug-likeness (QED) is 0.105. The van der Waals surface area contributed by atoms with Gasteiger partial charge in [-0.3, -0.25) is 0 Å². The SMILES string of the molecule is CCCCCNCCCC(C)CC(C)C(CCCC(CC)C(C)C)CC(C)I. The Morgan fingerprint density at radius 1 is 0.714 bits per heavy atom. The standard InChI is InChI=1S/C26H54IN/c1-8-10-11-17-28-18-13-14-22(5)19-23(6)26(20-24(7)27)16-12-15-25(9-2)21(3)4/h21-26,28H,8-20H2,1-7H3. The van der Waals surface area contributed by atoms with Crippen molar-refractivity contribution in [2.45, 2.75) is 123 Å². The fourth-order valence-corrected chi connectivity index (χ4v) is 5.50. The molecule has 0 saturated heterocycles. The molecule has 1 N–H and O–H groups in total. The van der Waals surface area contributed by atoms with E-state index < -0.39 is 0 Å². The van der Waals surface area contributed by atoms with Crippen LogP contribution in [0.25, 0.3) is 0 Å². The molecule has 0 saturated carbocycles. The van der Waals surface area contributed by atoms with Crippen LogP contribution >= 0.6 is 22.6 Å². The van der Waals surface area contributed by atoms with Crippen LogP contribution in [0.1, 0.15) is 119 Å². The molecule has 5 unspecified atom stereocenters. The second-order valence-corrected chi connectivity index (χ2v) is 12.2. The molecule has 0 aliphatic carbocycles. The van der Waals surface area contributed by atoms with Gasteiger partial charge < -0.3 is 5.32 Å². The molecule has 0 spiro atoms. The van der Waals surface area contributed by atoms with Gasteiger partial charge in [-0.25, -0.2) is 0 Å². The van der Waals surface area contributed by atoms with Crippen LogP contribution < -0.4 is 5.32 Å². The molecule has 1 nitrogen and oxygen atoms in total. The second-order valence-electron chi connectivity index (χ2n) is 10.0. The molecule has 0 amide bonds. The maximum atomic E-state index is 3.63. The van der Waals surface area contributed by atoms with Crippen LogP contribution in [0.2, 0.25) is 0 Å². The lowest BCUT2D eigenvalue weighted by atomic mass is 9.78. The summed E-state index contributed by atoms with van der Waals surface area (Å²) in [5.41, 5.74) is 0. The summed E-state index contributed by atoms with van der Waals surface area (Å²) in [6, 6.07) is 0. The molecule has 0 radical (unpaired) electrons. The van der Waals surface area contributed by atoms with Crippen LogP contribution in [-0.2, 0) is 0 Å². The van der Waals surface area contributed by atoms with E-state index in [1.165, 1.54) is 83.7 Å². The number of alkyl halides is 1. The fourth-order valence-electron chi connectivity index (χ4n) is 4.85. The minimum atomic E-state index is 0.805. The minimum absolute atomic E-state index is 0.805. The van der Waals surface area contributed by atoms with E-state index >= 15 is 0 Å². The van der Waals surface area contributed by atoms with Crippen molar-refractivity contribution in [1.82, 2.24) is 5.32 Å². The topological polar surface area (TPSA) is 12.0 Å². The molecule has 0 bridgehead atoms. The van der Waals surface area contributed by atoms with Gasteiger partial charge in [-0.1, -0.05) is 110 Å². The van der Waals surface area contributed by atoms with E-state index in [1.54, 1.807) is 0 Å². The number of unbranched alkanes of at least 4 members (excludes halogenated alkanes) is 2. The minimum Gasteiger partial charge on any atom is -0.317 e. The molecule has 28 heavy (non-hydrogen) atoms. The third-order valence-electron chi connectivity index (χ3n) is 6.83. The molecule has 0 aliphatic rings. The van der Waals surface area contributed by atoms with Gasteiger partial charge in [-0.2, -0.15) is 0 Å². The number of nitrogens with one attached hydrogen (secondary N) is 1. The van der Waals surface area contributed by atoms with Gasteiger partial charge in [0.1, 0.15) is 0 Å². The van der Waals surface area contributed by atoms with Crippen molar-refractivity contribution in [2.24, 2.45) is 29.6 Å². The predicted molar refractivity (Wildman–Crippen MR) is 139 cm³/mol. The number of hydrogen-bond acceptors (Lipinski definition) is 1. The fraction of sp³-hybridized carbons (Fsp3) is 1.00. The Morgan fingerprint density at radius 2 is 1.36 bits per heavy atom. The highest BCUT2D eigenvalue weighted by Gasteiger charge is 2.21. The third kappa shape index (κ3) is 15.5. The Bertz CT molecular complexity index is 328. The van der Waals surface area contributed by atoms with Crippen LogP contribution in [0.15, 0.2) is 0 Å². The molecule has 0 aromatic carbocycles. The molecule has 2 heteroatoms. The Balaban J connectivity index is 4.20. The van der Waals surface area contributed by atoms with E-state index in [0.717, 1.165) is 33.5 Å². The van der Waals surface area contributed by atoms with Crippen molar-refractivity contribution in [2.75, 3.05) is 13.1 Å². The summed E-state index contributed by atoms with van der Waals surface area (Å²) >= 11 is 2.64. The van der Waals surface area contributed by atoms with Crippen LogP contribution in [-0.4, -0.2) is 17.0 Å². The largest absolute Gasteiger partial charge is 0.317 e. The number of hydrogen-bond donors (Lipinski definition) is 1. The van der Waals surface area contributed by atoms with Crippen molar-refractivity contribution in [3.63, 3.8) is 0 Å². The zero-order valence-corrected chi connectivity index (χ0v) is 22.7. The lowest BCUT2D eigenvalue weighted by Crippen LogP contribution is -2.20. The number of rotatable bonds is 19. The van der Waals surface area contributed by atoms with E-state index in [2.05, 4.69) is 76.4 Å². The summed E-state index contributed by atoms with van der Waals surface area (Å²) in [7, 11) is 0. The van der Waals surface area contributed by atoms with Crippen LogP contribution in [0.3, 0.4) is 0 Å². The summed E-state index contributed by atoms with van der Waals surface area (Å²) in [6.45, 7) is 19.3. The zero-order valence-electron chi connectivity index (χ0n) is 20.5. The summed E-state index contributed by atoms with van der Waals surface area (Å²) < 4.78 is 0.805. The molecule has 0 aromatic rings. The maximum absolute atomic E-state index is 3.63. The molecule has 5 atom stereocenters. The van der Waals surface area contributed by atoms with E-state index in [9.17, 15) is 0 Å². The van der Waals surface area contributed by atoms with Crippen molar-refractivity contribution >= 4 is 22.6 Å². The van der Waals surface area contributed by atoms with Crippen LogP contribution in [0.4, 0.5) is 0 Å². The van der Waals surface area contributed by atoms with Gasteiger partial charge >= 0.3 is 0 Å². The van der Waals surface area contributed by atoms with Gasteiger partial charge in [0.15, 0.2) is 0 Å². The Hall–Kier alpha value is 0.690. The summed E-state index contributed by atoms with van der Waals surface area (Å²) in [4.78, 5) is 0. The predicted octanol–water partition coefficient (Wildman–Crippen LogP) is 8.89. The first kappa shape index (κ1) is 28.7. The number of halogens is 1. The molecule has 0 rings (SSSR count). The molecular weight excluding hydrogens is 453 g/mol. The Kier molecular flexibility index (Phi) is 18.9. The first-order chi connectivity index (χ1) is 13.3. The van der Waals surface area contributed by atoms with Crippen molar-refractivity contribution in [3.05, 3.63) is 0 Å². The van der Waals surface area contributed by atoms with Crippen LogP contribution in [0.5, 0.6) is 0 Å². The Labute approximate surface area is 193 Å².